The number of piperazine rings is 1. The highest BCUT2D eigenvalue weighted by Crippen LogP contribution is 2.29. The fourth-order valence-electron chi connectivity index (χ4n) is 4.14. The molecule has 2 aliphatic heterocycles. The fraction of sp³-hybridized carbons (Fsp3) is 0.933. The topological polar surface area (TPSA) is 47.6 Å². The Balaban J connectivity index is 1.54. The van der Waals surface area contributed by atoms with Crippen LogP contribution in [0.2, 0.25) is 0 Å². The van der Waals surface area contributed by atoms with E-state index in [1.54, 1.807) is 0 Å². The molecule has 2 N–H and O–H groups in total. The van der Waals surface area contributed by atoms with Crippen LogP contribution in [0.4, 0.5) is 0 Å². The molecule has 1 aliphatic carbocycles. The smallest absolute Gasteiger partial charge is 0.253 e. The molecule has 1 amide bonds. The maximum absolute atomic E-state index is 11.7. The number of nitrogens with one attached hydrogen (secondary N) is 2. The molecular formula is C15H27ClN4O. The van der Waals surface area contributed by atoms with Crippen LogP contribution in [0.15, 0.2) is 0 Å². The monoisotopic (exact) mass is 314 g/mol. The standard InChI is InChI=1S/C15H27ClN4O/c1-11-4-2-3-5-12(11)19-6-8-20(9-7-19)13-10-17-18-15(21)14(13)16/h11-14,17H,2-10H2,1H3,(H,18,21). The van der Waals surface area contributed by atoms with E-state index >= 15 is 0 Å². The van der Waals surface area contributed by atoms with E-state index < -0.39 is 5.38 Å². The van der Waals surface area contributed by atoms with Gasteiger partial charge >= 0.3 is 0 Å². The summed E-state index contributed by atoms with van der Waals surface area (Å²) in [5.41, 5.74) is 5.56. The van der Waals surface area contributed by atoms with Gasteiger partial charge in [0.25, 0.3) is 5.91 Å². The van der Waals surface area contributed by atoms with Gasteiger partial charge in [-0.05, 0) is 18.8 Å². The number of hydrazine groups is 1. The van der Waals surface area contributed by atoms with Gasteiger partial charge in [0, 0.05) is 44.8 Å². The lowest BCUT2D eigenvalue weighted by atomic mass is 9.84. The minimum Gasteiger partial charge on any atom is -0.298 e. The zero-order valence-corrected chi connectivity index (χ0v) is 13.6. The normalized spacial score (nSPS) is 40.0. The lowest BCUT2D eigenvalue weighted by molar-refractivity contribution is -0.125. The largest absolute Gasteiger partial charge is 0.298 e. The molecule has 2 saturated heterocycles. The van der Waals surface area contributed by atoms with Crippen LogP contribution in [-0.4, -0.2) is 65.9 Å². The minimum absolute atomic E-state index is 0.101. The number of alkyl halides is 1. The van der Waals surface area contributed by atoms with Crippen LogP contribution < -0.4 is 10.9 Å². The van der Waals surface area contributed by atoms with E-state index in [9.17, 15) is 4.79 Å². The zero-order chi connectivity index (χ0) is 14.8. The van der Waals surface area contributed by atoms with Crippen LogP contribution in [0, 0.1) is 5.92 Å². The van der Waals surface area contributed by atoms with Crippen molar-refractivity contribution >= 4 is 17.5 Å². The first-order chi connectivity index (χ1) is 10.2. The average Bonchev–Trinajstić information content (AvgIpc) is 2.51. The van der Waals surface area contributed by atoms with Crippen LogP contribution in [-0.2, 0) is 4.79 Å². The molecule has 3 rings (SSSR count). The molecule has 3 aliphatic rings. The highest BCUT2D eigenvalue weighted by Gasteiger charge is 2.37. The highest BCUT2D eigenvalue weighted by molar-refractivity contribution is 6.31. The fourth-order valence-corrected chi connectivity index (χ4v) is 4.45. The summed E-state index contributed by atoms with van der Waals surface area (Å²) in [5.74, 6) is 0.726. The Hall–Kier alpha value is -0.360. The molecule has 0 spiro atoms. The van der Waals surface area contributed by atoms with Gasteiger partial charge in [0.15, 0.2) is 0 Å². The van der Waals surface area contributed by atoms with E-state index in [4.69, 9.17) is 11.6 Å². The summed E-state index contributed by atoms with van der Waals surface area (Å²) < 4.78 is 0. The lowest BCUT2D eigenvalue weighted by Gasteiger charge is -2.46. The van der Waals surface area contributed by atoms with E-state index in [0.29, 0.717) is 0 Å². The Morgan fingerprint density at radius 1 is 1.05 bits per heavy atom. The Labute approximate surface area is 132 Å². The second kappa shape index (κ2) is 6.82. The number of carbonyl (C=O) groups excluding carboxylic acids is 1. The van der Waals surface area contributed by atoms with Crippen molar-refractivity contribution in [1.82, 2.24) is 20.7 Å². The Morgan fingerprint density at radius 2 is 1.67 bits per heavy atom. The molecule has 1 saturated carbocycles. The van der Waals surface area contributed by atoms with Crippen LogP contribution in [0.1, 0.15) is 32.6 Å². The van der Waals surface area contributed by atoms with E-state index in [-0.39, 0.29) is 11.9 Å². The van der Waals surface area contributed by atoms with Crippen molar-refractivity contribution in [3.8, 4) is 0 Å². The van der Waals surface area contributed by atoms with Gasteiger partial charge in [0.2, 0.25) is 0 Å². The zero-order valence-electron chi connectivity index (χ0n) is 12.9. The van der Waals surface area contributed by atoms with Crippen molar-refractivity contribution < 1.29 is 4.79 Å². The Kier molecular flexibility index (Phi) is 5.04. The van der Waals surface area contributed by atoms with E-state index in [0.717, 1.165) is 44.7 Å². The third-order valence-corrected chi connectivity index (χ3v) is 5.95. The summed E-state index contributed by atoms with van der Waals surface area (Å²) in [7, 11) is 0. The van der Waals surface area contributed by atoms with Gasteiger partial charge < -0.3 is 0 Å². The van der Waals surface area contributed by atoms with Gasteiger partial charge in [0.1, 0.15) is 5.38 Å². The second-order valence-electron chi connectivity index (χ2n) is 6.74. The summed E-state index contributed by atoms with van der Waals surface area (Å²) in [4.78, 5) is 16.7. The van der Waals surface area contributed by atoms with E-state index in [1.807, 2.05) is 0 Å². The van der Waals surface area contributed by atoms with Gasteiger partial charge in [-0.2, -0.15) is 0 Å². The van der Waals surface area contributed by atoms with Crippen molar-refractivity contribution in [2.45, 2.75) is 50.1 Å². The van der Waals surface area contributed by atoms with Crippen LogP contribution in [0.25, 0.3) is 0 Å². The third-order valence-electron chi connectivity index (χ3n) is 5.46. The summed E-state index contributed by atoms with van der Waals surface area (Å²) in [6, 6.07) is 0.881. The molecule has 0 aromatic carbocycles. The number of carbonyl (C=O) groups is 1. The Bertz CT molecular complexity index is 373. The van der Waals surface area contributed by atoms with Crippen molar-refractivity contribution in [3.05, 3.63) is 0 Å². The molecule has 120 valence electrons. The first-order valence-corrected chi connectivity index (χ1v) is 8.75. The molecule has 3 fully saturated rings. The molecule has 4 unspecified atom stereocenters. The number of hydrogen-bond acceptors (Lipinski definition) is 4. The summed E-state index contributed by atoms with van der Waals surface area (Å²) in [6.07, 6.45) is 5.51. The molecule has 21 heavy (non-hydrogen) atoms. The van der Waals surface area contributed by atoms with Crippen LogP contribution in [0.3, 0.4) is 0 Å². The van der Waals surface area contributed by atoms with Gasteiger partial charge in [-0.25, -0.2) is 5.43 Å². The molecule has 6 heteroatoms. The van der Waals surface area contributed by atoms with Gasteiger partial charge in [-0.1, -0.05) is 19.8 Å². The number of rotatable bonds is 2. The van der Waals surface area contributed by atoms with Crippen molar-refractivity contribution in [3.63, 3.8) is 0 Å². The molecular weight excluding hydrogens is 288 g/mol. The Morgan fingerprint density at radius 3 is 2.33 bits per heavy atom. The summed E-state index contributed by atoms with van der Waals surface area (Å²) >= 11 is 6.27. The predicted octanol–water partition coefficient (Wildman–Crippen LogP) is 0.793. The number of amides is 1. The first-order valence-electron chi connectivity index (χ1n) is 8.31. The van der Waals surface area contributed by atoms with Crippen LogP contribution >= 0.6 is 11.6 Å². The van der Waals surface area contributed by atoms with E-state index in [1.165, 1.54) is 25.7 Å². The first kappa shape index (κ1) is 15.5. The van der Waals surface area contributed by atoms with Crippen molar-refractivity contribution in [2.24, 2.45) is 5.92 Å². The summed E-state index contributed by atoms with van der Waals surface area (Å²) in [6.45, 7) is 7.39. The molecule has 0 bridgehead atoms. The van der Waals surface area contributed by atoms with Gasteiger partial charge in [-0.15, -0.1) is 11.6 Å². The maximum atomic E-state index is 11.7. The lowest BCUT2D eigenvalue weighted by Crippen LogP contribution is -2.65. The number of halogens is 1. The van der Waals surface area contributed by atoms with Gasteiger partial charge in [0.05, 0.1) is 0 Å². The summed E-state index contributed by atoms with van der Waals surface area (Å²) in [5, 5.41) is -0.439. The SMILES string of the molecule is CC1CCCCC1N1CCN(C2CNNC(=O)C2Cl)CC1. The van der Waals surface area contributed by atoms with Gasteiger partial charge in [-0.3, -0.25) is 20.0 Å². The predicted molar refractivity (Wildman–Crippen MR) is 84.1 cm³/mol. The van der Waals surface area contributed by atoms with Crippen molar-refractivity contribution in [2.75, 3.05) is 32.7 Å². The number of nitrogens with zero attached hydrogens (tertiary/aromatic N) is 2. The molecule has 0 aromatic rings. The molecule has 0 radical (unpaired) electrons. The number of hydrogen-bond donors (Lipinski definition) is 2. The van der Waals surface area contributed by atoms with Crippen LogP contribution in [0.5, 0.6) is 0 Å². The average molecular weight is 315 g/mol. The third kappa shape index (κ3) is 3.36. The molecule has 4 atom stereocenters. The van der Waals surface area contributed by atoms with Crippen molar-refractivity contribution in [1.29, 1.82) is 0 Å². The second-order valence-corrected chi connectivity index (χ2v) is 7.21. The maximum Gasteiger partial charge on any atom is 0.253 e. The molecule has 0 aromatic heterocycles. The molecule has 5 nitrogen and oxygen atoms in total. The minimum atomic E-state index is -0.439. The van der Waals surface area contributed by atoms with E-state index in [2.05, 4.69) is 27.6 Å². The quantitative estimate of drug-likeness (QED) is 0.740. The molecule has 2 heterocycles. The highest BCUT2D eigenvalue weighted by atomic mass is 35.5.